The van der Waals surface area contributed by atoms with Gasteiger partial charge in [0.1, 0.15) is 24.4 Å². The predicted octanol–water partition coefficient (Wildman–Crippen LogP) is -0.724. The first-order valence-electron chi connectivity index (χ1n) is 5.95. The molecule has 1 aromatic carbocycles. The molecular weight excluding hydrogens is 250 g/mol. The number of fused-ring (bicyclic) bond motifs is 1. The van der Waals surface area contributed by atoms with Crippen LogP contribution in [0, 0.1) is 0 Å². The molecule has 0 aliphatic rings. The fourth-order valence-electron chi connectivity index (χ4n) is 2.05. The number of aliphatic hydroxyl groups excluding tert-OH is 5. The van der Waals surface area contributed by atoms with Crippen molar-refractivity contribution in [3.8, 4) is 0 Å². The maximum Gasteiger partial charge on any atom is 0.113 e. The summed E-state index contributed by atoms with van der Waals surface area (Å²) in [5, 5.41) is 48.2. The van der Waals surface area contributed by atoms with Gasteiger partial charge in [-0.05, 0) is 6.07 Å². The van der Waals surface area contributed by atoms with Crippen molar-refractivity contribution in [2.24, 2.45) is 0 Å². The molecule has 0 spiro atoms. The Hall–Kier alpha value is -1.44. The first kappa shape index (κ1) is 14.0. The highest BCUT2D eigenvalue weighted by atomic mass is 16.4. The Morgan fingerprint density at radius 2 is 1.68 bits per heavy atom. The summed E-state index contributed by atoms with van der Waals surface area (Å²) in [7, 11) is 0. The van der Waals surface area contributed by atoms with Crippen LogP contribution in [0.4, 0.5) is 0 Å². The molecule has 6 nitrogen and oxygen atoms in total. The van der Waals surface area contributed by atoms with E-state index < -0.39 is 31.0 Å². The first-order chi connectivity index (χ1) is 9.06. The van der Waals surface area contributed by atoms with Gasteiger partial charge in [-0.2, -0.15) is 0 Å². The van der Waals surface area contributed by atoms with Gasteiger partial charge < -0.3 is 30.5 Å². The van der Waals surface area contributed by atoms with Gasteiger partial charge in [0, 0.05) is 22.7 Å². The lowest BCUT2D eigenvalue weighted by molar-refractivity contribution is -0.115. The summed E-state index contributed by atoms with van der Waals surface area (Å²) in [6, 6.07) is 7.20. The van der Waals surface area contributed by atoms with Crippen LogP contribution in [0.25, 0.3) is 10.9 Å². The quantitative estimate of drug-likeness (QED) is 0.427. The van der Waals surface area contributed by atoms with Gasteiger partial charge in [-0.25, -0.2) is 0 Å². The van der Waals surface area contributed by atoms with E-state index in [9.17, 15) is 20.4 Å². The van der Waals surface area contributed by atoms with E-state index >= 15 is 0 Å². The molecule has 19 heavy (non-hydrogen) atoms. The molecule has 0 radical (unpaired) electrons. The molecule has 0 aliphatic heterocycles. The molecule has 0 bridgehead atoms. The molecule has 4 atom stereocenters. The third-order valence-corrected chi connectivity index (χ3v) is 3.19. The molecule has 2 aromatic rings. The number of para-hydroxylation sites is 1. The molecule has 0 aliphatic carbocycles. The van der Waals surface area contributed by atoms with Crippen LogP contribution in [-0.2, 0) is 0 Å². The number of aromatic nitrogens is 1. The predicted molar refractivity (Wildman–Crippen MR) is 68.4 cm³/mol. The van der Waals surface area contributed by atoms with Crippen LogP contribution >= 0.6 is 0 Å². The number of H-pyrrole nitrogens is 1. The van der Waals surface area contributed by atoms with Crippen molar-refractivity contribution in [1.29, 1.82) is 0 Å². The highest BCUT2D eigenvalue weighted by Crippen LogP contribution is 2.27. The minimum Gasteiger partial charge on any atom is -0.394 e. The second-order valence-corrected chi connectivity index (χ2v) is 4.47. The van der Waals surface area contributed by atoms with Crippen LogP contribution in [0.15, 0.2) is 30.5 Å². The van der Waals surface area contributed by atoms with Crippen LogP contribution in [0.1, 0.15) is 11.7 Å². The van der Waals surface area contributed by atoms with Gasteiger partial charge in [0.05, 0.1) is 6.61 Å². The summed E-state index contributed by atoms with van der Waals surface area (Å²) < 4.78 is 0. The van der Waals surface area contributed by atoms with E-state index in [1.807, 2.05) is 12.1 Å². The number of aliphatic hydroxyl groups is 5. The van der Waals surface area contributed by atoms with Crippen molar-refractivity contribution < 1.29 is 25.5 Å². The summed E-state index contributed by atoms with van der Waals surface area (Å²) >= 11 is 0. The summed E-state index contributed by atoms with van der Waals surface area (Å²) in [4.78, 5) is 2.94. The van der Waals surface area contributed by atoms with Crippen LogP contribution in [0.2, 0.25) is 0 Å². The Morgan fingerprint density at radius 1 is 1.00 bits per heavy atom. The Labute approximate surface area is 109 Å². The van der Waals surface area contributed by atoms with Crippen molar-refractivity contribution in [1.82, 2.24) is 4.98 Å². The molecule has 0 saturated carbocycles. The molecule has 4 unspecified atom stereocenters. The summed E-state index contributed by atoms with van der Waals surface area (Å²) in [5.41, 5.74) is 1.22. The van der Waals surface area contributed by atoms with Gasteiger partial charge in [0.2, 0.25) is 0 Å². The standard InChI is InChI=1S/C13H17NO5/c15-6-10(16)12(18)13(19)11(17)8-5-14-9-4-2-1-3-7(8)9/h1-5,10-19H,6H2. The summed E-state index contributed by atoms with van der Waals surface area (Å²) in [6.07, 6.45) is -4.56. The monoisotopic (exact) mass is 267 g/mol. The Balaban J connectivity index is 2.26. The molecule has 0 saturated heterocycles. The molecule has 6 N–H and O–H groups in total. The van der Waals surface area contributed by atoms with Crippen LogP contribution in [-0.4, -0.2) is 55.4 Å². The van der Waals surface area contributed by atoms with Gasteiger partial charge >= 0.3 is 0 Å². The smallest absolute Gasteiger partial charge is 0.113 e. The van der Waals surface area contributed by atoms with E-state index in [-0.39, 0.29) is 0 Å². The number of hydrogen-bond donors (Lipinski definition) is 6. The van der Waals surface area contributed by atoms with Crippen molar-refractivity contribution >= 4 is 10.9 Å². The average Bonchev–Trinajstić information content (AvgIpc) is 2.87. The number of aromatic amines is 1. The van der Waals surface area contributed by atoms with Gasteiger partial charge in [-0.3, -0.25) is 0 Å². The van der Waals surface area contributed by atoms with E-state index in [2.05, 4.69) is 4.98 Å². The zero-order valence-electron chi connectivity index (χ0n) is 10.1. The number of rotatable bonds is 5. The van der Waals surface area contributed by atoms with E-state index in [1.165, 1.54) is 6.20 Å². The zero-order chi connectivity index (χ0) is 14.0. The molecule has 104 valence electrons. The first-order valence-corrected chi connectivity index (χ1v) is 5.95. The summed E-state index contributed by atoms with van der Waals surface area (Å²) in [5.74, 6) is 0. The second kappa shape index (κ2) is 5.68. The largest absolute Gasteiger partial charge is 0.394 e. The lowest BCUT2D eigenvalue weighted by atomic mass is 9.97. The van der Waals surface area contributed by atoms with Gasteiger partial charge in [-0.1, -0.05) is 18.2 Å². The van der Waals surface area contributed by atoms with Crippen LogP contribution in [0.5, 0.6) is 0 Å². The maximum absolute atomic E-state index is 10.1. The molecule has 6 heteroatoms. The molecule has 0 fully saturated rings. The van der Waals surface area contributed by atoms with E-state index in [4.69, 9.17) is 5.11 Å². The van der Waals surface area contributed by atoms with Crippen molar-refractivity contribution in [2.75, 3.05) is 6.61 Å². The number of benzene rings is 1. The zero-order valence-corrected chi connectivity index (χ0v) is 10.1. The topological polar surface area (TPSA) is 117 Å². The highest BCUT2D eigenvalue weighted by Gasteiger charge is 2.31. The number of hydrogen-bond acceptors (Lipinski definition) is 5. The van der Waals surface area contributed by atoms with E-state index in [0.717, 1.165) is 10.9 Å². The van der Waals surface area contributed by atoms with E-state index in [0.29, 0.717) is 5.56 Å². The van der Waals surface area contributed by atoms with Crippen LogP contribution in [0.3, 0.4) is 0 Å². The van der Waals surface area contributed by atoms with Crippen molar-refractivity contribution in [3.63, 3.8) is 0 Å². The fourth-order valence-corrected chi connectivity index (χ4v) is 2.05. The normalized spacial score (nSPS) is 18.2. The maximum atomic E-state index is 10.1. The Kier molecular flexibility index (Phi) is 4.18. The van der Waals surface area contributed by atoms with Gasteiger partial charge in [-0.15, -0.1) is 0 Å². The van der Waals surface area contributed by atoms with Crippen molar-refractivity contribution in [3.05, 3.63) is 36.0 Å². The van der Waals surface area contributed by atoms with Gasteiger partial charge in [0.15, 0.2) is 0 Å². The second-order valence-electron chi connectivity index (χ2n) is 4.47. The highest BCUT2D eigenvalue weighted by molar-refractivity contribution is 5.83. The Bertz CT molecular complexity index is 541. The molecule has 0 amide bonds. The van der Waals surface area contributed by atoms with Gasteiger partial charge in [0.25, 0.3) is 0 Å². The molecular formula is C13H17NO5. The minimum absolute atomic E-state index is 0.423. The molecule has 1 heterocycles. The number of nitrogens with one attached hydrogen (secondary N) is 1. The Morgan fingerprint density at radius 3 is 2.37 bits per heavy atom. The fraction of sp³-hybridized carbons (Fsp3) is 0.385. The lowest BCUT2D eigenvalue weighted by Gasteiger charge is -2.25. The molecule has 1 aromatic heterocycles. The molecule has 2 rings (SSSR count). The van der Waals surface area contributed by atoms with Crippen molar-refractivity contribution in [2.45, 2.75) is 24.4 Å². The van der Waals surface area contributed by atoms with E-state index in [1.54, 1.807) is 12.1 Å². The minimum atomic E-state index is -1.63. The SMILES string of the molecule is OCC(O)C(O)C(O)C(O)c1c[nH]c2ccccc12. The van der Waals surface area contributed by atoms with Crippen LogP contribution < -0.4 is 0 Å². The summed E-state index contributed by atoms with van der Waals surface area (Å²) in [6.45, 7) is -0.696. The third kappa shape index (κ3) is 2.63. The third-order valence-electron chi connectivity index (χ3n) is 3.19. The average molecular weight is 267 g/mol. The lowest BCUT2D eigenvalue weighted by Crippen LogP contribution is -2.42.